The predicted molar refractivity (Wildman–Crippen MR) is 16.8 cm³/mol. The Morgan fingerprint density at radius 3 is 1.75 bits per heavy atom. The molecule has 1 N–H and O–H groups in total. The Hall–Kier alpha value is 1.56. The Labute approximate surface area is 67.5 Å². The van der Waals surface area contributed by atoms with Gasteiger partial charge in [0.2, 0.25) is 0 Å². The van der Waals surface area contributed by atoms with Gasteiger partial charge in [-0.1, -0.05) is 0 Å². The zero-order chi connectivity index (χ0) is 2.71. The summed E-state index contributed by atoms with van der Waals surface area (Å²) in [5.41, 5.74) is 0. The quantitative estimate of drug-likeness (QED) is 0.245. The molecule has 0 aromatic rings. The Morgan fingerprint density at radius 1 is 1.75 bits per heavy atom. The molecule has 0 aliphatic rings. The van der Waals surface area contributed by atoms with Gasteiger partial charge in [-0.3, -0.25) is 5.26 Å². The van der Waals surface area contributed by atoms with Crippen molar-refractivity contribution in [1.82, 2.24) is 0 Å². The van der Waals surface area contributed by atoms with Crippen molar-refractivity contribution >= 4 is 51.4 Å². The van der Waals surface area contributed by atoms with Crippen molar-refractivity contribution in [3.05, 3.63) is 0 Å². The topological polar surface area (TPSA) is 29.5 Å². The summed E-state index contributed by atoms with van der Waals surface area (Å²) in [7, 11) is 1.18. The van der Waals surface area contributed by atoms with E-state index in [1.54, 1.807) is 0 Å². The second-order valence-corrected chi connectivity index (χ2v) is 0.183. The number of hydrogen-bond acceptors (Lipinski definition) is 2. The van der Waals surface area contributed by atoms with E-state index in [0.29, 0.717) is 0 Å². The molecular formula is CH5KO2. The van der Waals surface area contributed by atoms with Crippen molar-refractivity contribution in [3.63, 3.8) is 0 Å². The van der Waals surface area contributed by atoms with Crippen LogP contribution in [0.4, 0.5) is 0 Å². The second kappa shape index (κ2) is 8.82. The van der Waals surface area contributed by atoms with Gasteiger partial charge in [-0.05, 0) is 0 Å². The van der Waals surface area contributed by atoms with Crippen LogP contribution in [0.5, 0.6) is 0 Å². The standard InChI is InChI=1S/CH4O2.K.H/c1-3-2;;/h2H,1H3;;. The first kappa shape index (κ1) is 9.12. The molecule has 22 valence electrons. The summed E-state index contributed by atoms with van der Waals surface area (Å²) in [5, 5.41) is 7.07. The van der Waals surface area contributed by atoms with Gasteiger partial charge in [0, 0.05) is 0 Å². The van der Waals surface area contributed by atoms with E-state index in [2.05, 4.69) is 4.89 Å². The van der Waals surface area contributed by atoms with Crippen molar-refractivity contribution < 1.29 is 10.1 Å². The fraction of sp³-hybridized carbons (Fsp3) is 1.00. The van der Waals surface area contributed by atoms with Crippen LogP contribution in [0.2, 0.25) is 0 Å². The van der Waals surface area contributed by atoms with E-state index in [4.69, 9.17) is 5.26 Å². The van der Waals surface area contributed by atoms with Crippen LogP contribution in [-0.4, -0.2) is 63.8 Å². The molecule has 0 radical (unpaired) electrons. The summed E-state index contributed by atoms with van der Waals surface area (Å²) in [5.74, 6) is 0. The van der Waals surface area contributed by atoms with Crippen molar-refractivity contribution in [2.45, 2.75) is 0 Å². The minimum atomic E-state index is 0. The van der Waals surface area contributed by atoms with E-state index in [0.717, 1.165) is 0 Å². The first-order chi connectivity index (χ1) is 1.41. The van der Waals surface area contributed by atoms with Crippen molar-refractivity contribution in [3.8, 4) is 0 Å². The predicted octanol–water partition coefficient (Wildman–Crippen LogP) is -0.543. The van der Waals surface area contributed by atoms with Gasteiger partial charge in [0.15, 0.2) is 0 Å². The third-order valence-electron chi connectivity index (χ3n) is 0. The molecule has 0 spiro atoms. The first-order valence-electron chi connectivity index (χ1n) is 0.591. The first-order valence-corrected chi connectivity index (χ1v) is 0.591. The molecule has 0 amide bonds. The van der Waals surface area contributed by atoms with Gasteiger partial charge in [-0.25, -0.2) is 4.89 Å². The van der Waals surface area contributed by atoms with Crippen molar-refractivity contribution in [2.24, 2.45) is 0 Å². The van der Waals surface area contributed by atoms with Gasteiger partial charge in [0.25, 0.3) is 0 Å². The maximum absolute atomic E-state index is 7.07. The third kappa shape index (κ3) is 9.59. The molecule has 0 unspecified atom stereocenters. The van der Waals surface area contributed by atoms with Gasteiger partial charge in [0.05, 0.1) is 7.11 Å². The SMILES string of the molecule is COO.[KH]. The third-order valence-corrected chi connectivity index (χ3v) is 0. The Morgan fingerprint density at radius 2 is 1.75 bits per heavy atom. The van der Waals surface area contributed by atoms with E-state index < -0.39 is 0 Å². The van der Waals surface area contributed by atoms with Gasteiger partial charge >= 0.3 is 51.4 Å². The van der Waals surface area contributed by atoms with Crippen LogP contribution >= 0.6 is 0 Å². The van der Waals surface area contributed by atoms with Crippen LogP contribution in [0.15, 0.2) is 0 Å². The molecule has 0 aromatic carbocycles. The summed E-state index contributed by atoms with van der Waals surface area (Å²) in [6.07, 6.45) is 0. The second-order valence-electron chi connectivity index (χ2n) is 0.183. The minimum absolute atomic E-state index is 0. The van der Waals surface area contributed by atoms with Crippen LogP contribution in [0.1, 0.15) is 0 Å². The fourth-order valence-corrected chi connectivity index (χ4v) is 0. The van der Waals surface area contributed by atoms with Crippen LogP contribution < -0.4 is 0 Å². The van der Waals surface area contributed by atoms with Gasteiger partial charge < -0.3 is 0 Å². The summed E-state index contributed by atoms with van der Waals surface area (Å²) in [6.45, 7) is 0. The van der Waals surface area contributed by atoms with Crippen LogP contribution in [-0.2, 0) is 4.89 Å². The van der Waals surface area contributed by atoms with Crippen molar-refractivity contribution in [2.75, 3.05) is 7.11 Å². The normalized spacial score (nSPS) is 4.50. The van der Waals surface area contributed by atoms with Gasteiger partial charge in [-0.15, -0.1) is 0 Å². The molecule has 0 aliphatic heterocycles. The zero-order valence-electron chi connectivity index (χ0n) is 1.86. The van der Waals surface area contributed by atoms with Crippen LogP contribution in [0.3, 0.4) is 0 Å². The molecule has 0 fully saturated rings. The molecule has 0 bridgehead atoms. The van der Waals surface area contributed by atoms with Gasteiger partial charge in [0.1, 0.15) is 0 Å². The number of rotatable bonds is 0. The molecular weight excluding hydrogens is 83.1 g/mol. The van der Waals surface area contributed by atoms with E-state index in [9.17, 15) is 0 Å². The molecule has 0 rings (SSSR count). The molecule has 0 atom stereocenters. The fourth-order valence-electron chi connectivity index (χ4n) is 0. The monoisotopic (exact) mass is 88.0 g/mol. The Bertz CT molecular complexity index is 6.00. The van der Waals surface area contributed by atoms with E-state index in [1.807, 2.05) is 0 Å². The molecule has 0 aromatic heterocycles. The molecule has 0 saturated carbocycles. The summed E-state index contributed by atoms with van der Waals surface area (Å²) in [6, 6.07) is 0. The van der Waals surface area contributed by atoms with Crippen LogP contribution in [0.25, 0.3) is 0 Å². The van der Waals surface area contributed by atoms with Crippen molar-refractivity contribution in [1.29, 1.82) is 0 Å². The van der Waals surface area contributed by atoms with E-state index in [-0.39, 0.29) is 51.4 Å². The molecule has 0 saturated heterocycles. The molecule has 2 nitrogen and oxygen atoms in total. The molecule has 0 heterocycles. The van der Waals surface area contributed by atoms with Gasteiger partial charge in [-0.2, -0.15) is 0 Å². The average molecular weight is 88.1 g/mol. The number of hydrogen-bond donors (Lipinski definition) is 1. The summed E-state index contributed by atoms with van der Waals surface area (Å²) < 4.78 is 0. The Balaban J connectivity index is 0. The maximum atomic E-state index is 7.07. The van der Waals surface area contributed by atoms with Crippen LogP contribution in [0, 0.1) is 0 Å². The average Bonchev–Trinajstić information content (AvgIpc) is 0.918. The van der Waals surface area contributed by atoms with E-state index in [1.165, 1.54) is 7.11 Å². The molecule has 3 heteroatoms. The molecule has 0 aliphatic carbocycles. The summed E-state index contributed by atoms with van der Waals surface area (Å²) in [4.78, 5) is 3.25. The summed E-state index contributed by atoms with van der Waals surface area (Å²) >= 11 is 0. The van der Waals surface area contributed by atoms with E-state index >= 15 is 0 Å². The zero-order valence-corrected chi connectivity index (χ0v) is 1.86. The Kier molecular flexibility index (Phi) is 20.1. The molecule has 4 heavy (non-hydrogen) atoms.